The molecule has 0 radical (unpaired) electrons. The van der Waals surface area contributed by atoms with Crippen molar-refractivity contribution in [1.82, 2.24) is 9.97 Å². The SMILES string of the molecule is Cc1c(C)c(C)c2c(=O)c3cc4[nH]c5c(C)c(C)c(C)c(C)c5c(=O)c4cc3[nH]c2c1C. The van der Waals surface area contributed by atoms with E-state index in [4.69, 9.17) is 0 Å². The molecule has 4 nitrogen and oxygen atoms in total. The van der Waals surface area contributed by atoms with Crippen molar-refractivity contribution >= 4 is 43.6 Å². The number of H-pyrrole nitrogens is 2. The Hall–Kier alpha value is -3.40. The second kappa shape index (κ2) is 6.55. The molecule has 2 heterocycles. The minimum absolute atomic E-state index is 0.00767. The van der Waals surface area contributed by atoms with Crippen molar-refractivity contribution in [3.8, 4) is 0 Å². The zero-order valence-corrected chi connectivity index (χ0v) is 20.0. The number of rotatable bonds is 0. The fourth-order valence-electron chi connectivity index (χ4n) is 5.23. The largest absolute Gasteiger partial charge is 0.354 e. The number of benzene rings is 3. The summed E-state index contributed by atoms with van der Waals surface area (Å²) in [5, 5.41) is 2.67. The predicted molar refractivity (Wildman–Crippen MR) is 136 cm³/mol. The fraction of sp³-hybridized carbons (Fsp3) is 0.286. The molecule has 2 aromatic heterocycles. The van der Waals surface area contributed by atoms with Crippen LogP contribution in [0, 0.1) is 55.4 Å². The first-order chi connectivity index (χ1) is 15.0. The lowest BCUT2D eigenvalue weighted by Crippen LogP contribution is -2.12. The van der Waals surface area contributed by atoms with E-state index in [0.717, 1.165) is 55.2 Å². The van der Waals surface area contributed by atoms with E-state index in [1.807, 2.05) is 39.8 Å². The summed E-state index contributed by atoms with van der Waals surface area (Å²) >= 11 is 0. The van der Waals surface area contributed by atoms with Gasteiger partial charge >= 0.3 is 0 Å². The van der Waals surface area contributed by atoms with Gasteiger partial charge in [-0.05, 0) is 112 Å². The first-order valence-corrected chi connectivity index (χ1v) is 11.1. The van der Waals surface area contributed by atoms with E-state index in [1.54, 1.807) is 0 Å². The Labute approximate surface area is 186 Å². The van der Waals surface area contributed by atoms with Gasteiger partial charge in [0, 0.05) is 21.5 Å². The van der Waals surface area contributed by atoms with Gasteiger partial charge in [0.05, 0.1) is 22.1 Å². The van der Waals surface area contributed by atoms with Crippen LogP contribution in [0.25, 0.3) is 43.6 Å². The van der Waals surface area contributed by atoms with E-state index in [-0.39, 0.29) is 10.9 Å². The third kappa shape index (κ3) is 2.44. The predicted octanol–water partition coefficient (Wildman–Crippen LogP) is 6.14. The second-order valence-electron chi connectivity index (χ2n) is 9.35. The first kappa shape index (κ1) is 20.5. The smallest absolute Gasteiger partial charge is 0.197 e. The third-order valence-corrected chi connectivity index (χ3v) is 8.00. The number of aromatic amines is 2. The van der Waals surface area contributed by atoms with Crippen molar-refractivity contribution < 1.29 is 0 Å². The molecular weight excluding hydrogens is 396 g/mol. The molecule has 0 amide bonds. The van der Waals surface area contributed by atoms with Gasteiger partial charge in [-0.15, -0.1) is 0 Å². The van der Waals surface area contributed by atoms with Gasteiger partial charge in [-0.2, -0.15) is 0 Å². The monoisotopic (exact) mass is 424 g/mol. The molecule has 0 spiro atoms. The summed E-state index contributed by atoms with van der Waals surface area (Å²) in [7, 11) is 0. The van der Waals surface area contributed by atoms with Gasteiger partial charge in [-0.1, -0.05) is 0 Å². The zero-order valence-electron chi connectivity index (χ0n) is 20.0. The third-order valence-electron chi connectivity index (χ3n) is 8.00. The van der Waals surface area contributed by atoms with Crippen LogP contribution in [0.5, 0.6) is 0 Å². The maximum Gasteiger partial charge on any atom is 0.197 e. The molecule has 0 bridgehead atoms. The second-order valence-corrected chi connectivity index (χ2v) is 9.35. The van der Waals surface area contributed by atoms with Crippen LogP contribution in [-0.2, 0) is 0 Å². The van der Waals surface area contributed by atoms with Gasteiger partial charge in [0.15, 0.2) is 10.9 Å². The van der Waals surface area contributed by atoms with Crippen LogP contribution in [-0.4, -0.2) is 9.97 Å². The summed E-state index contributed by atoms with van der Waals surface area (Å²) < 4.78 is 0. The van der Waals surface area contributed by atoms with Crippen LogP contribution in [0.2, 0.25) is 0 Å². The molecule has 0 fully saturated rings. The molecule has 5 rings (SSSR count). The molecule has 0 aliphatic heterocycles. The van der Waals surface area contributed by atoms with Crippen LogP contribution in [0.15, 0.2) is 21.7 Å². The molecule has 0 unspecified atom stereocenters. The zero-order chi connectivity index (χ0) is 23.2. The number of aryl methyl sites for hydroxylation is 4. The first-order valence-electron chi connectivity index (χ1n) is 11.1. The summed E-state index contributed by atoms with van der Waals surface area (Å²) in [6.07, 6.45) is 0. The molecule has 0 saturated carbocycles. The van der Waals surface area contributed by atoms with Crippen LogP contribution in [0.1, 0.15) is 44.5 Å². The Bertz CT molecular complexity index is 1650. The van der Waals surface area contributed by atoms with E-state index >= 15 is 0 Å². The van der Waals surface area contributed by atoms with Crippen LogP contribution in [0.3, 0.4) is 0 Å². The fourth-order valence-corrected chi connectivity index (χ4v) is 5.23. The molecule has 0 atom stereocenters. The van der Waals surface area contributed by atoms with Crippen molar-refractivity contribution in [2.45, 2.75) is 55.4 Å². The Kier molecular flexibility index (Phi) is 4.20. The minimum atomic E-state index is 0.00767. The van der Waals surface area contributed by atoms with Gasteiger partial charge in [-0.3, -0.25) is 9.59 Å². The molecule has 162 valence electrons. The van der Waals surface area contributed by atoms with Crippen LogP contribution < -0.4 is 10.9 Å². The lowest BCUT2D eigenvalue weighted by atomic mass is 9.92. The quantitative estimate of drug-likeness (QED) is 0.293. The maximum atomic E-state index is 13.6. The lowest BCUT2D eigenvalue weighted by Gasteiger charge is -2.16. The highest BCUT2D eigenvalue weighted by Crippen LogP contribution is 2.30. The molecule has 2 N–H and O–H groups in total. The molecule has 0 saturated heterocycles. The normalized spacial score (nSPS) is 12.0. The van der Waals surface area contributed by atoms with Crippen molar-refractivity contribution in [2.24, 2.45) is 0 Å². The van der Waals surface area contributed by atoms with Gasteiger partial charge in [0.25, 0.3) is 0 Å². The Morgan fingerprint density at radius 2 is 0.781 bits per heavy atom. The number of nitrogens with one attached hydrogen (secondary N) is 2. The van der Waals surface area contributed by atoms with Gasteiger partial charge < -0.3 is 9.97 Å². The Morgan fingerprint density at radius 3 is 1.12 bits per heavy atom. The number of fused-ring (bicyclic) bond motifs is 4. The highest BCUT2D eigenvalue weighted by molar-refractivity contribution is 6.05. The molecule has 3 aromatic carbocycles. The lowest BCUT2D eigenvalue weighted by molar-refractivity contribution is 1.23. The van der Waals surface area contributed by atoms with E-state index in [0.29, 0.717) is 21.8 Å². The van der Waals surface area contributed by atoms with Gasteiger partial charge in [0.2, 0.25) is 0 Å². The summed E-state index contributed by atoms with van der Waals surface area (Å²) in [5.74, 6) is 0. The topological polar surface area (TPSA) is 65.7 Å². The molecule has 4 heteroatoms. The number of aromatic nitrogens is 2. The summed E-state index contributed by atoms with van der Waals surface area (Å²) in [6, 6.07) is 3.69. The Morgan fingerprint density at radius 1 is 0.469 bits per heavy atom. The van der Waals surface area contributed by atoms with Crippen molar-refractivity contribution in [2.75, 3.05) is 0 Å². The molecule has 0 aliphatic rings. The van der Waals surface area contributed by atoms with Crippen molar-refractivity contribution in [3.05, 3.63) is 77.1 Å². The summed E-state index contributed by atoms with van der Waals surface area (Å²) in [6.45, 7) is 16.4. The summed E-state index contributed by atoms with van der Waals surface area (Å²) in [4.78, 5) is 34.2. The van der Waals surface area contributed by atoms with E-state index in [1.165, 1.54) is 11.1 Å². The standard InChI is InChI=1S/C28H28N2O2/c1-11-13(3)17(7)25-23(15(11)5)27(31)19-9-22-20(10-21(19)29-25)28(32)24-16(6)12(2)14(4)18(8)26(24)30-22/h9-10H,1-8H3,(H,29,31)(H,30,32). The number of hydrogen-bond acceptors (Lipinski definition) is 2. The number of hydrogen-bond donors (Lipinski definition) is 2. The van der Waals surface area contributed by atoms with Gasteiger partial charge in [-0.25, -0.2) is 0 Å². The highest BCUT2D eigenvalue weighted by Gasteiger charge is 2.18. The van der Waals surface area contributed by atoms with Crippen LogP contribution in [0.4, 0.5) is 0 Å². The number of pyridine rings is 2. The van der Waals surface area contributed by atoms with Gasteiger partial charge in [0.1, 0.15) is 0 Å². The maximum absolute atomic E-state index is 13.6. The van der Waals surface area contributed by atoms with Crippen molar-refractivity contribution in [3.63, 3.8) is 0 Å². The van der Waals surface area contributed by atoms with E-state index < -0.39 is 0 Å². The van der Waals surface area contributed by atoms with Crippen molar-refractivity contribution in [1.29, 1.82) is 0 Å². The molecular formula is C28H28N2O2. The molecule has 32 heavy (non-hydrogen) atoms. The van der Waals surface area contributed by atoms with E-state index in [9.17, 15) is 9.59 Å². The summed E-state index contributed by atoms with van der Waals surface area (Å²) in [5.41, 5.74) is 12.0. The molecule has 0 aliphatic carbocycles. The van der Waals surface area contributed by atoms with Crippen LogP contribution >= 0.6 is 0 Å². The Balaban J connectivity index is 2.05. The minimum Gasteiger partial charge on any atom is -0.354 e. The van der Waals surface area contributed by atoms with E-state index in [2.05, 4.69) is 37.7 Å². The average molecular weight is 425 g/mol. The molecule has 5 aromatic rings. The highest BCUT2D eigenvalue weighted by atomic mass is 16.1. The average Bonchev–Trinajstić information content (AvgIpc) is 2.77.